The van der Waals surface area contributed by atoms with Gasteiger partial charge in [0.1, 0.15) is 11.4 Å². The number of likely N-dealkylation sites (tertiary alicyclic amines) is 1. The van der Waals surface area contributed by atoms with Gasteiger partial charge in [0.2, 0.25) is 0 Å². The van der Waals surface area contributed by atoms with E-state index in [9.17, 15) is 9.18 Å². The Morgan fingerprint density at radius 2 is 1.79 bits per heavy atom. The summed E-state index contributed by atoms with van der Waals surface area (Å²) in [4.78, 5) is 15.1. The van der Waals surface area contributed by atoms with Crippen molar-refractivity contribution in [2.75, 3.05) is 26.3 Å². The van der Waals surface area contributed by atoms with E-state index in [1.165, 1.54) is 12.1 Å². The number of benzene rings is 1. The number of halogens is 1. The summed E-state index contributed by atoms with van der Waals surface area (Å²) in [6.07, 6.45) is 6.53. The van der Waals surface area contributed by atoms with E-state index in [1.807, 2.05) is 29.1 Å². The lowest BCUT2D eigenvalue weighted by Crippen LogP contribution is -2.47. The van der Waals surface area contributed by atoms with Gasteiger partial charge in [0.05, 0.1) is 25.1 Å². The van der Waals surface area contributed by atoms with Crippen LogP contribution in [-0.2, 0) is 9.47 Å². The molecule has 0 saturated carbocycles. The first-order valence-corrected chi connectivity index (χ1v) is 9.70. The van der Waals surface area contributed by atoms with Gasteiger partial charge < -0.3 is 18.9 Å². The first kappa shape index (κ1) is 18.1. The second-order valence-corrected chi connectivity index (χ2v) is 7.26. The third-order valence-corrected chi connectivity index (χ3v) is 5.50. The maximum absolute atomic E-state index is 13.8. The van der Waals surface area contributed by atoms with Crippen molar-refractivity contribution in [3.63, 3.8) is 0 Å². The fourth-order valence-corrected chi connectivity index (χ4v) is 4.02. The molecule has 2 saturated heterocycles. The molecule has 3 aromatic rings. The lowest BCUT2D eigenvalue weighted by atomic mass is 10.0. The molecule has 2 aromatic heterocycles. The van der Waals surface area contributed by atoms with Gasteiger partial charge >= 0.3 is 0 Å². The van der Waals surface area contributed by atoms with Crippen LogP contribution in [0.15, 0.2) is 55.0 Å². The van der Waals surface area contributed by atoms with E-state index in [4.69, 9.17) is 9.47 Å². The fraction of sp³-hybridized carbons (Fsp3) is 0.333. The SMILES string of the molecule is O=C(c1cnn(-c2cccc(F)c2)c1-n1cccc1)N1CCC2(CC1)OCCO2. The molecule has 2 aliphatic heterocycles. The van der Waals surface area contributed by atoms with Crippen molar-refractivity contribution >= 4 is 5.91 Å². The van der Waals surface area contributed by atoms with Gasteiger partial charge in [-0.3, -0.25) is 4.79 Å². The first-order chi connectivity index (χ1) is 14.2. The molecule has 5 rings (SSSR count). The third kappa shape index (κ3) is 3.24. The lowest BCUT2D eigenvalue weighted by molar-refractivity contribution is -0.181. The number of hydrogen-bond acceptors (Lipinski definition) is 4. The molecule has 0 bridgehead atoms. The number of carbonyl (C=O) groups excluding carboxylic acids is 1. The number of rotatable bonds is 3. The van der Waals surface area contributed by atoms with E-state index < -0.39 is 5.79 Å². The largest absolute Gasteiger partial charge is 0.347 e. The highest BCUT2D eigenvalue weighted by atomic mass is 19.1. The van der Waals surface area contributed by atoms with Crippen LogP contribution in [0.4, 0.5) is 4.39 Å². The lowest BCUT2D eigenvalue weighted by Gasteiger charge is -2.37. The van der Waals surface area contributed by atoms with Gasteiger partial charge in [-0.2, -0.15) is 5.10 Å². The number of hydrogen-bond donors (Lipinski definition) is 0. The standard InChI is InChI=1S/C21H21FN4O3/c22-16-4-3-5-17(14-16)26-19(24-8-1-2-9-24)18(15-23-26)20(27)25-10-6-21(7-11-25)28-12-13-29-21/h1-5,8-9,14-15H,6-7,10-13H2. The number of ether oxygens (including phenoxy) is 2. The second-order valence-electron chi connectivity index (χ2n) is 7.26. The molecule has 8 heteroatoms. The molecule has 0 radical (unpaired) electrons. The minimum absolute atomic E-state index is 0.107. The Morgan fingerprint density at radius 3 is 2.48 bits per heavy atom. The Hall–Kier alpha value is -2.97. The van der Waals surface area contributed by atoms with Gasteiger partial charge in [-0.15, -0.1) is 0 Å². The van der Waals surface area contributed by atoms with Crippen LogP contribution in [-0.4, -0.2) is 57.2 Å². The van der Waals surface area contributed by atoms with Crippen molar-refractivity contribution < 1.29 is 18.7 Å². The molecule has 1 spiro atoms. The maximum Gasteiger partial charge on any atom is 0.259 e. The van der Waals surface area contributed by atoms with E-state index in [-0.39, 0.29) is 11.7 Å². The topological polar surface area (TPSA) is 61.5 Å². The predicted molar refractivity (Wildman–Crippen MR) is 103 cm³/mol. The molecule has 4 heterocycles. The molecule has 7 nitrogen and oxygen atoms in total. The molecule has 2 aliphatic rings. The number of piperidine rings is 1. The van der Waals surface area contributed by atoms with E-state index in [0.717, 1.165) is 0 Å². The average Bonchev–Trinajstić information content (AvgIpc) is 3.49. The predicted octanol–water partition coefficient (Wildman–Crippen LogP) is 2.78. The highest BCUT2D eigenvalue weighted by Gasteiger charge is 2.41. The highest BCUT2D eigenvalue weighted by Crippen LogP contribution is 2.32. The van der Waals surface area contributed by atoms with Gasteiger partial charge in [0.15, 0.2) is 11.6 Å². The third-order valence-electron chi connectivity index (χ3n) is 5.50. The maximum atomic E-state index is 13.8. The second kappa shape index (κ2) is 7.13. The monoisotopic (exact) mass is 396 g/mol. The van der Waals surface area contributed by atoms with Crippen LogP contribution in [0.5, 0.6) is 0 Å². The summed E-state index contributed by atoms with van der Waals surface area (Å²) in [5.41, 5.74) is 1.02. The number of nitrogens with zero attached hydrogens (tertiary/aromatic N) is 4. The van der Waals surface area contributed by atoms with E-state index in [1.54, 1.807) is 27.9 Å². The minimum Gasteiger partial charge on any atom is -0.347 e. The summed E-state index contributed by atoms with van der Waals surface area (Å²) >= 11 is 0. The van der Waals surface area contributed by atoms with Crippen LogP contribution in [0.1, 0.15) is 23.2 Å². The molecule has 150 valence electrons. The number of amides is 1. The molecule has 0 atom stereocenters. The summed E-state index contributed by atoms with van der Waals surface area (Å²) in [7, 11) is 0. The van der Waals surface area contributed by atoms with Gasteiger partial charge in [-0.1, -0.05) is 6.07 Å². The van der Waals surface area contributed by atoms with Gasteiger partial charge in [0, 0.05) is 38.3 Å². The van der Waals surface area contributed by atoms with Crippen molar-refractivity contribution in [2.45, 2.75) is 18.6 Å². The van der Waals surface area contributed by atoms with E-state index in [2.05, 4.69) is 5.10 Å². The van der Waals surface area contributed by atoms with Gasteiger partial charge in [0.25, 0.3) is 5.91 Å². The summed E-state index contributed by atoms with van der Waals surface area (Å²) < 4.78 is 28.7. The molecule has 0 unspecified atom stereocenters. The zero-order valence-electron chi connectivity index (χ0n) is 15.8. The normalized spacial score (nSPS) is 18.4. The summed E-state index contributed by atoms with van der Waals surface area (Å²) in [6, 6.07) is 9.90. The van der Waals surface area contributed by atoms with Crippen LogP contribution < -0.4 is 0 Å². The van der Waals surface area contributed by atoms with Crippen LogP contribution in [0, 0.1) is 5.82 Å². The molecule has 0 aliphatic carbocycles. The van der Waals surface area contributed by atoms with Crippen LogP contribution in [0.2, 0.25) is 0 Å². The van der Waals surface area contributed by atoms with Crippen LogP contribution >= 0.6 is 0 Å². The Balaban J connectivity index is 1.48. The van der Waals surface area contributed by atoms with E-state index in [0.29, 0.717) is 56.2 Å². The van der Waals surface area contributed by atoms with Crippen molar-refractivity contribution in [1.82, 2.24) is 19.2 Å². The van der Waals surface area contributed by atoms with Crippen LogP contribution in [0.25, 0.3) is 11.5 Å². The zero-order valence-corrected chi connectivity index (χ0v) is 15.8. The number of aromatic nitrogens is 3. The summed E-state index contributed by atoms with van der Waals surface area (Å²) in [5, 5.41) is 4.40. The van der Waals surface area contributed by atoms with Gasteiger partial charge in [-0.25, -0.2) is 9.07 Å². The Morgan fingerprint density at radius 1 is 1.07 bits per heavy atom. The van der Waals surface area contributed by atoms with Crippen LogP contribution in [0.3, 0.4) is 0 Å². The summed E-state index contributed by atoms with van der Waals surface area (Å²) in [6.45, 7) is 2.31. The fourth-order valence-electron chi connectivity index (χ4n) is 4.02. The van der Waals surface area contributed by atoms with Crippen molar-refractivity contribution in [3.05, 3.63) is 66.4 Å². The molecule has 29 heavy (non-hydrogen) atoms. The highest BCUT2D eigenvalue weighted by molar-refractivity contribution is 5.97. The molecular weight excluding hydrogens is 375 g/mol. The smallest absolute Gasteiger partial charge is 0.259 e. The molecule has 2 fully saturated rings. The average molecular weight is 396 g/mol. The minimum atomic E-state index is -0.536. The molecule has 1 amide bonds. The van der Waals surface area contributed by atoms with Crippen molar-refractivity contribution in [3.8, 4) is 11.5 Å². The van der Waals surface area contributed by atoms with Gasteiger partial charge in [-0.05, 0) is 30.3 Å². The van der Waals surface area contributed by atoms with E-state index >= 15 is 0 Å². The number of carbonyl (C=O) groups is 1. The van der Waals surface area contributed by atoms with Crippen molar-refractivity contribution in [1.29, 1.82) is 0 Å². The zero-order chi connectivity index (χ0) is 19.8. The first-order valence-electron chi connectivity index (χ1n) is 9.70. The van der Waals surface area contributed by atoms with Crippen molar-refractivity contribution in [2.24, 2.45) is 0 Å². The Labute approximate surface area is 167 Å². The quantitative estimate of drug-likeness (QED) is 0.683. The summed E-state index contributed by atoms with van der Waals surface area (Å²) in [5.74, 6) is -0.420. The molecular formula is C21H21FN4O3. The molecule has 1 aromatic carbocycles. The molecule has 0 N–H and O–H groups in total. The Bertz CT molecular complexity index is 1010. The Kier molecular flexibility index (Phi) is 4.44.